The molecule has 4 heteroatoms. The predicted octanol–water partition coefficient (Wildman–Crippen LogP) is 3.44. The second-order valence-electron chi connectivity index (χ2n) is 7.18. The summed E-state index contributed by atoms with van der Waals surface area (Å²) >= 11 is 0. The summed E-state index contributed by atoms with van der Waals surface area (Å²) in [6.07, 6.45) is 2.44. The fourth-order valence-corrected chi connectivity index (χ4v) is 3.83. The van der Waals surface area contributed by atoms with Gasteiger partial charge in [0.15, 0.2) is 0 Å². The van der Waals surface area contributed by atoms with Crippen LogP contribution in [0.4, 0.5) is 0 Å². The highest BCUT2D eigenvalue weighted by molar-refractivity contribution is 5.88. The molecule has 3 aromatic rings. The molecule has 26 heavy (non-hydrogen) atoms. The van der Waals surface area contributed by atoms with Crippen LogP contribution in [0.5, 0.6) is 0 Å². The summed E-state index contributed by atoms with van der Waals surface area (Å²) < 4.78 is 0. The Labute approximate surface area is 154 Å². The van der Waals surface area contributed by atoms with E-state index in [0.29, 0.717) is 12.5 Å². The molecule has 1 N–H and O–H groups in total. The van der Waals surface area contributed by atoms with Gasteiger partial charge in [0, 0.05) is 49.3 Å². The average molecular weight is 347 g/mol. The van der Waals surface area contributed by atoms with E-state index in [1.54, 1.807) is 0 Å². The zero-order valence-electron chi connectivity index (χ0n) is 15.2. The molecule has 1 aliphatic heterocycles. The number of aromatic nitrogens is 1. The SMILES string of the molecule is CC1CN(C(=O)Cc2c[nH]c3ccccc23)CCN1Cc1ccccc1. The monoisotopic (exact) mass is 347 g/mol. The van der Waals surface area contributed by atoms with Crippen LogP contribution in [0, 0.1) is 0 Å². The highest BCUT2D eigenvalue weighted by atomic mass is 16.2. The first-order valence-corrected chi connectivity index (χ1v) is 9.31. The number of amides is 1. The number of para-hydroxylation sites is 1. The van der Waals surface area contributed by atoms with Gasteiger partial charge < -0.3 is 9.88 Å². The van der Waals surface area contributed by atoms with E-state index in [0.717, 1.165) is 42.6 Å². The van der Waals surface area contributed by atoms with Crippen molar-refractivity contribution in [2.24, 2.45) is 0 Å². The first kappa shape index (κ1) is 16.9. The van der Waals surface area contributed by atoms with Crippen LogP contribution in [0.3, 0.4) is 0 Å². The van der Waals surface area contributed by atoms with Crippen molar-refractivity contribution in [1.29, 1.82) is 0 Å². The van der Waals surface area contributed by atoms with E-state index in [2.05, 4.69) is 47.1 Å². The summed E-state index contributed by atoms with van der Waals surface area (Å²) in [4.78, 5) is 20.6. The summed E-state index contributed by atoms with van der Waals surface area (Å²) in [5.74, 6) is 0.223. The molecule has 2 aromatic carbocycles. The second kappa shape index (κ2) is 7.34. The van der Waals surface area contributed by atoms with Gasteiger partial charge in [-0.2, -0.15) is 0 Å². The van der Waals surface area contributed by atoms with E-state index in [1.165, 1.54) is 5.56 Å². The van der Waals surface area contributed by atoms with Gasteiger partial charge in [-0.15, -0.1) is 0 Å². The summed E-state index contributed by atoms with van der Waals surface area (Å²) in [7, 11) is 0. The maximum Gasteiger partial charge on any atom is 0.227 e. The van der Waals surface area contributed by atoms with E-state index in [1.807, 2.05) is 35.4 Å². The van der Waals surface area contributed by atoms with Gasteiger partial charge in [0.2, 0.25) is 5.91 Å². The lowest BCUT2D eigenvalue weighted by atomic mass is 10.1. The third-order valence-corrected chi connectivity index (χ3v) is 5.36. The number of benzene rings is 2. The van der Waals surface area contributed by atoms with Crippen LogP contribution in [0.1, 0.15) is 18.1 Å². The molecule has 0 radical (unpaired) electrons. The molecule has 2 heterocycles. The van der Waals surface area contributed by atoms with Crippen molar-refractivity contribution in [1.82, 2.24) is 14.8 Å². The average Bonchev–Trinajstić information content (AvgIpc) is 3.07. The van der Waals surface area contributed by atoms with Crippen LogP contribution >= 0.6 is 0 Å². The maximum absolute atomic E-state index is 12.8. The number of hydrogen-bond donors (Lipinski definition) is 1. The topological polar surface area (TPSA) is 39.3 Å². The number of carbonyl (C=O) groups is 1. The molecule has 0 aliphatic carbocycles. The summed E-state index contributed by atoms with van der Waals surface area (Å²) in [5.41, 5.74) is 3.51. The van der Waals surface area contributed by atoms with Crippen molar-refractivity contribution < 1.29 is 4.79 Å². The number of fused-ring (bicyclic) bond motifs is 1. The molecular weight excluding hydrogens is 322 g/mol. The number of aromatic amines is 1. The number of piperazine rings is 1. The van der Waals surface area contributed by atoms with Crippen LogP contribution in [0.15, 0.2) is 60.8 Å². The Morgan fingerprint density at radius 3 is 2.65 bits per heavy atom. The highest BCUT2D eigenvalue weighted by Gasteiger charge is 2.27. The van der Waals surface area contributed by atoms with E-state index in [4.69, 9.17) is 0 Å². The standard InChI is InChI=1S/C22H25N3O/c1-17-15-25(12-11-24(17)16-18-7-3-2-4-8-18)22(26)13-19-14-23-21-10-6-5-9-20(19)21/h2-10,14,17,23H,11-13,15-16H2,1H3. The molecule has 4 rings (SSSR count). The van der Waals surface area contributed by atoms with Crippen molar-refractivity contribution >= 4 is 16.8 Å². The number of H-pyrrole nitrogens is 1. The van der Waals surface area contributed by atoms with Gasteiger partial charge >= 0.3 is 0 Å². The molecule has 1 amide bonds. The molecular formula is C22H25N3O. The first-order valence-electron chi connectivity index (χ1n) is 9.31. The van der Waals surface area contributed by atoms with Crippen molar-refractivity contribution in [3.05, 3.63) is 71.9 Å². The van der Waals surface area contributed by atoms with Gasteiger partial charge in [0.05, 0.1) is 6.42 Å². The van der Waals surface area contributed by atoms with Gasteiger partial charge in [0.1, 0.15) is 0 Å². The largest absolute Gasteiger partial charge is 0.361 e. The molecule has 1 atom stereocenters. The third-order valence-electron chi connectivity index (χ3n) is 5.36. The van der Waals surface area contributed by atoms with Crippen molar-refractivity contribution in [2.75, 3.05) is 19.6 Å². The lowest BCUT2D eigenvalue weighted by molar-refractivity contribution is -0.133. The fraction of sp³-hybridized carbons (Fsp3) is 0.318. The fourth-order valence-electron chi connectivity index (χ4n) is 3.83. The summed E-state index contributed by atoms with van der Waals surface area (Å²) in [5, 5.41) is 1.15. The summed E-state index contributed by atoms with van der Waals surface area (Å²) in [6, 6.07) is 19.1. The number of nitrogens with zero attached hydrogens (tertiary/aromatic N) is 2. The van der Waals surface area contributed by atoms with E-state index in [-0.39, 0.29) is 5.91 Å². The van der Waals surface area contributed by atoms with Crippen molar-refractivity contribution in [3.8, 4) is 0 Å². The molecule has 4 nitrogen and oxygen atoms in total. The predicted molar refractivity (Wildman–Crippen MR) is 105 cm³/mol. The molecule has 0 bridgehead atoms. The quantitative estimate of drug-likeness (QED) is 0.785. The number of rotatable bonds is 4. The third kappa shape index (κ3) is 3.51. The molecule has 1 fully saturated rings. The van der Waals surface area contributed by atoms with Crippen LogP contribution in [-0.4, -0.2) is 46.4 Å². The minimum absolute atomic E-state index is 0.223. The smallest absolute Gasteiger partial charge is 0.227 e. The van der Waals surface area contributed by atoms with Gasteiger partial charge in [0.25, 0.3) is 0 Å². The number of carbonyl (C=O) groups excluding carboxylic acids is 1. The van der Waals surface area contributed by atoms with Crippen LogP contribution in [0.2, 0.25) is 0 Å². The van der Waals surface area contributed by atoms with E-state index in [9.17, 15) is 4.79 Å². The maximum atomic E-state index is 12.8. The Hall–Kier alpha value is -2.59. The molecule has 1 unspecified atom stereocenters. The van der Waals surface area contributed by atoms with Crippen LogP contribution < -0.4 is 0 Å². The molecule has 0 spiro atoms. The van der Waals surface area contributed by atoms with Gasteiger partial charge in [-0.25, -0.2) is 0 Å². The van der Waals surface area contributed by atoms with E-state index < -0.39 is 0 Å². The molecule has 0 saturated carbocycles. The van der Waals surface area contributed by atoms with E-state index >= 15 is 0 Å². The highest BCUT2D eigenvalue weighted by Crippen LogP contribution is 2.20. The van der Waals surface area contributed by atoms with Crippen LogP contribution in [0.25, 0.3) is 10.9 Å². The lowest BCUT2D eigenvalue weighted by Crippen LogP contribution is -2.53. The Morgan fingerprint density at radius 1 is 1.08 bits per heavy atom. The zero-order valence-corrected chi connectivity index (χ0v) is 15.2. The van der Waals surface area contributed by atoms with Gasteiger partial charge in [-0.3, -0.25) is 9.69 Å². The van der Waals surface area contributed by atoms with Crippen molar-refractivity contribution in [2.45, 2.75) is 25.9 Å². The Bertz CT molecular complexity index is 887. The molecule has 1 aromatic heterocycles. The Balaban J connectivity index is 1.38. The summed E-state index contributed by atoms with van der Waals surface area (Å²) in [6.45, 7) is 5.70. The van der Waals surface area contributed by atoms with Gasteiger partial charge in [-0.05, 0) is 24.1 Å². The Morgan fingerprint density at radius 2 is 1.85 bits per heavy atom. The normalized spacial score (nSPS) is 18.3. The Kier molecular flexibility index (Phi) is 4.76. The first-order chi connectivity index (χ1) is 12.7. The molecule has 1 aliphatic rings. The molecule has 1 saturated heterocycles. The van der Waals surface area contributed by atoms with Crippen LogP contribution in [-0.2, 0) is 17.8 Å². The second-order valence-corrected chi connectivity index (χ2v) is 7.18. The van der Waals surface area contributed by atoms with Crippen molar-refractivity contribution in [3.63, 3.8) is 0 Å². The zero-order chi connectivity index (χ0) is 17.9. The molecule has 134 valence electrons. The van der Waals surface area contributed by atoms with Gasteiger partial charge in [-0.1, -0.05) is 48.5 Å². The number of nitrogens with one attached hydrogen (secondary N) is 1. The minimum Gasteiger partial charge on any atom is -0.361 e. The minimum atomic E-state index is 0.223. The lowest BCUT2D eigenvalue weighted by Gasteiger charge is -2.40. The number of hydrogen-bond acceptors (Lipinski definition) is 2.